The van der Waals surface area contributed by atoms with Gasteiger partial charge >= 0.3 is 0 Å². The molecule has 1 aliphatic heterocycles. The highest BCUT2D eigenvalue weighted by molar-refractivity contribution is 6.09. The number of rotatable bonds is 6. The van der Waals surface area contributed by atoms with Crippen LogP contribution in [0.15, 0.2) is 85.5 Å². The summed E-state index contributed by atoms with van der Waals surface area (Å²) >= 11 is 0. The molecule has 1 aliphatic rings. The Morgan fingerprint density at radius 1 is 1.00 bits per heavy atom. The highest BCUT2D eigenvalue weighted by Gasteiger charge is 2.28. The van der Waals surface area contributed by atoms with Crippen LogP contribution < -0.4 is 9.64 Å². The lowest BCUT2D eigenvalue weighted by atomic mass is 10.00. The second-order valence-corrected chi connectivity index (χ2v) is 9.15. The fraction of sp³-hybridized carbons (Fsp3) is 0.179. The smallest absolute Gasteiger partial charge is 0.265 e. The summed E-state index contributed by atoms with van der Waals surface area (Å²) in [5.74, 6) is 1.56. The predicted molar refractivity (Wildman–Crippen MR) is 139 cm³/mol. The molecule has 3 aromatic heterocycles. The molecule has 0 bridgehead atoms. The molecule has 184 valence electrons. The molecular formula is C28H25N7O2. The first kappa shape index (κ1) is 22.7. The molecule has 0 saturated heterocycles. The van der Waals surface area contributed by atoms with Crippen molar-refractivity contribution in [3.63, 3.8) is 0 Å². The molecule has 0 radical (unpaired) electrons. The van der Waals surface area contributed by atoms with E-state index in [1.807, 2.05) is 51.8 Å². The number of aromatic nitrogens is 6. The van der Waals surface area contributed by atoms with E-state index in [1.165, 1.54) is 0 Å². The maximum absolute atomic E-state index is 13.6. The summed E-state index contributed by atoms with van der Waals surface area (Å²) < 4.78 is 9.77. The Balaban J connectivity index is 1.27. The summed E-state index contributed by atoms with van der Waals surface area (Å²) in [4.78, 5) is 19.8. The summed E-state index contributed by atoms with van der Waals surface area (Å²) in [6.07, 6.45) is 5.40. The van der Waals surface area contributed by atoms with Gasteiger partial charge in [-0.3, -0.25) is 14.4 Å². The van der Waals surface area contributed by atoms with Crippen LogP contribution in [0.1, 0.15) is 35.8 Å². The van der Waals surface area contributed by atoms with Crippen molar-refractivity contribution < 1.29 is 9.53 Å². The minimum absolute atomic E-state index is 0.0840. The Hall–Kier alpha value is -4.79. The molecule has 37 heavy (non-hydrogen) atoms. The van der Waals surface area contributed by atoms with Crippen molar-refractivity contribution in [1.29, 1.82) is 0 Å². The van der Waals surface area contributed by atoms with E-state index in [0.717, 1.165) is 16.7 Å². The number of hydrogen-bond donors (Lipinski definition) is 0. The van der Waals surface area contributed by atoms with Crippen LogP contribution >= 0.6 is 0 Å². The molecule has 0 aliphatic carbocycles. The molecule has 0 atom stereocenters. The molecule has 0 N–H and O–H groups in total. The summed E-state index contributed by atoms with van der Waals surface area (Å²) in [6.45, 7) is 4.90. The third kappa shape index (κ3) is 4.35. The minimum Gasteiger partial charge on any atom is -0.472 e. The maximum Gasteiger partial charge on any atom is 0.265 e. The number of ether oxygens (including phenoxy) is 1. The predicted octanol–water partition coefficient (Wildman–Crippen LogP) is 4.83. The van der Waals surface area contributed by atoms with Crippen LogP contribution in [0.25, 0.3) is 22.6 Å². The van der Waals surface area contributed by atoms with Crippen LogP contribution in [0, 0.1) is 0 Å². The molecule has 0 unspecified atom stereocenters. The van der Waals surface area contributed by atoms with Gasteiger partial charge in [0.05, 0.1) is 12.1 Å². The largest absolute Gasteiger partial charge is 0.472 e. The van der Waals surface area contributed by atoms with Crippen molar-refractivity contribution in [3.05, 3.63) is 96.6 Å². The average Bonchev–Trinajstić information content (AvgIpc) is 3.62. The third-order valence-electron chi connectivity index (χ3n) is 6.36. The Bertz CT molecular complexity index is 1560. The quantitative estimate of drug-likeness (QED) is 0.338. The molecule has 5 aromatic rings. The molecule has 9 nitrogen and oxygen atoms in total. The zero-order valence-electron chi connectivity index (χ0n) is 20.5. The first-order valence-corrected chi connectivity index (χ1v) is 12.1. The molecule has 1 amide bonds. The fourth-order valence-corrected chi connectivity index (χ4v) is 4.40. The van der Waals surface area contributed by atoms with Gasteiger partial charge in [0.25, 0.3) is 5.91 Å². The second-order valence-electron chi connectivity index (χ2n) is 9.15. The first-order valence-electron chi connectivity index (χ1n) is 12.1. The van der Waals surface area contributed by atoms with Crippen molar-refractivity contribution in [3.8, 4) is 28.4 Å². The lowest BCUT2D eigenvalue weighted by Crippen LogP contribution is -2.39. The van der Waals surface area contributed by atoms with E-state index in [-0.39, 0.29) is 18.7 Å². The van der Waals surface area contributed by atoms with Gasteiger partial charge < -0.3 is 9.30 Å². The topological polar surface area (TPSA) is 91.0 Å². The SMILES string of the molecule is CC(C)n1cnnc1-c1cccc(N2COc3ccc(-c4ccc(Cn5cccn5)cc4)cc3C2=O)n1. The molecule has 9 heteroatoms. The van der Waals surface area contributed by atoms with E-state index in [0.29, 0.717) is 35.2 Å². The first-order chi connectivity index (χ1) is 18.1. The van der Waals surface area contributed by atoms with E-state index >= 15 is 0 Å². The Kier molecular flexibility index (Phi) is 5.72. The van der Waals surface area contributed by atoms with Crippen LogP contribution in [-0.4, -0.2) is 42.2 Å². The van der Waals surface area contributed by atoms with Crippen LogP contribution in [-0.2, 0) is 6.54 Å². The monoisotopic (exact) mass is 491 g/mol. The van der Waals surface area contributed by atoms with Crippen LogP contribution in [0.4, 0.5) is 5.82 Å². The van der Waals surface area contributed by atoms with Gasteiger partial charge in [0.2, 0.25) is 0 Å². The number of pyridine rings is 1. The summed E-state index contributed by atoms with van der Waals surface area (Å²) in [5.41, 5.74) is 4.25. The van der Waals surface area contributed by atoms with Gasteiger partial charge in [-0.2, -0.15) is 5.10 Å². The Morgan fingerprint density at radius 2 is 1.84 bits per heavy atom. The molecular weight excluding hydrogens is 466 g/mol. The zero-order valence-corrected chi connectivity index (χ0v) is 20.5. The van der Waals surface area contributed by atoms with E-state index in [2.05, 4.69) is 53.4 Å². The fourth-order valence-electron chi connectivity index (χ4n) is 4.40. The van der Waals surface area contributed by atoms with Crippen molar-refractivity contribution >= 4 is 11.7 Å². The summed E-state index contributed by atoms with van der Waals surface area (Å²) in [6, 6.07) is 21.6. The Labute approximate surface area is 214 Å². The van der Waals surface area contributed by atoms with Crippen LogP contribution in [0.5, 0.6) is 5.75 Å². The van der Waals surface area contributed by atoms with Gasteiger partial charge in [-0.1, -0.05) is 36.4 Å². The molecule has 0 spiro atoms. The highest BCUT2D eigenvalue weighted by Crippen LogP contribution is 2.32. The van der Waals surface area contributed by atoms with Crippen molar-refractivity contribution in [2.45, 2.75) is 26.4 Å². The molecule has 6 rings (SSSR count). The summed E-state index contributed by atoms with van der Waals surface area (Å²) in [5, 5.41) is 12.5. The third-order valence-corrected chi connectivity index (χ3v) is 6.36. The number of hydrogen-bond acceptors (Lipinski definition) is 6. The van der Waals surface area contributed by atoms with Gasteiger partial charge in [-0.25, -0.2) is 4.98 Å². The standard InChI is InChI=1S/C28H25N7O2/c1-19(2)34-17-29-32-27(34)24-5-3-6-26(31-24)35-18-37-25-12-11-22(15-23(25)28(35)36)21-9-7-20(8-10-21)16-33-14-4-13-30-33/h3-15,17,19H,16,18H2,1-2H3. The lowest BCUT2D eigenvalue weighted by molar-refractivity contribution is 0.0936. The molecule has 0 saturated carbocycles. The van der Waals surface area contributed by atoms with Crippen LogP contribution in [0.3, 0.4) is 0 Å². The second kappa shape index (κ2) is 9.34. The van der Waals surface area contributed by atoms with Crippen LogP contribution in [0.2, 0.25) is 0 Å². The highest BCUT2D eigenvalue weighted by atomic mass is 16.5. The number of fused-ring (bicyclic) bond motifs is 1. The van der Waals surface area contributed by atoms with E-state index < -0.39 is 0 Å². The summed E-state index contributed by atoms with van der Waals surface area (Å²) in [7, 11) is 0. The van der Waals surface area contributed by atoms with Gasteiger partial charge in [0.1, 0.15) is 23.6 Å². The van der Waals surface area contributed by atoms with Gasteiger partial charge in [0, 0.05) is 18.4 Å². The van der Waals surface area contributed by atoms with E-state index in [4.69, 9.17) is 9.72 Å². The average molecular weight is 492 g/mol. The Morgan fingerprint density at radius 3 is 2.62 bits per heavy atom. The maximum atomic E-state index is 13.6. The van der Waals surface area contributed by atoms with Crippen molar-refractivity contribution in [1.82, 2.24) is 29.5 Å². The van der Waals surface area contributed by atoms with Gasteiger partial charge in [0.15, 0.2) is 12.6 Å². The molecule has 0 fully saturated rings. The van der Waals surface area contributed by atoms with E-state index in [1.54, 1.807) is 23.5 Å². The number of carbonyl (C=O) groups excluding carboxylic acids is 1. The molecule has 4 heterocycles. The number of anilines is 1. The van der Waals surface area contributed by atoms with E-state index in [9.17, 15) is 4.79 Å². The number of carbonyl (C=O) groups is 1. The van der Waals surface area contributed by atoms with Gasteiger partial charge in [-0.05, 0) is 60.9 Å². The van der Waals surface area contributed by atoms with Gasteiger partial charge in [-0.15, -0.1) is 10.2 Å². The zero-order chi connectivity index (χ0) is 25.4. The minimum atomic E-state index is -0.159. The molecule has 2 aromatic carbocycles. The number of benzene rings is 2. The lowest BCUT2D eigenvalue weighted by Gasteiger charge is -2.28. The number of nitrogens with zero attached hydrogens (tertiary/aromatic N) is 7. The normalized spacial score (nSPS) is 13.1. The van der Waals surface area contributed by atoms with Crippen molar-refractivity contribution in [2.75, 3.05) is 11.6 Å². The number of amides is 1. The van der Waals surface area contributed by atoms with Crippen molar-refractivity contribution in [2.24, 2.45) is 0 Å².